The summed E-state index contributed by atoms with van der Waals surface area (Å²) in [5.41, 5.74) is 7.84. The van der Waals surface area contributed by atoms with Crippen LogP contribution < -0.4 is 0 Å². The quantitative estimate of drug-likeness (QED) is 0.226. The zero-order chi connectivity index (χ0) is 45.4. The minimum atomic E-state index is -0.106. The van der Waals surface area contributed by atoms with Crippen LogP contribution in [0.5, 0.6) is 0 Å². The Labute approximate surface area is 402 Å². The van der Waals surface area contributed by atoms with Crippen molar-refractivity contribution in [3.63, 3.8) is 0 Å². The van der Waals surface area contributed by atoms with Gasteiger partial charge < -0.3 is 28.6 Å². The first-order valence-corrected chi connectivity index (χ1v) is 28.4. The third-order valence-electron chi connectivity index (χ3n) is 21.8. The van der Waals surface area contributed by atoms with Gasteiger partial charge in [-0.05, 0) is 216 Å². The topological polar surface area (TPSA) is 49.4 Å². The molecule has 11 rings (SSSR count). The summed E-state index contributed by atoms with van der Waals surface area (Å²) in [6.45, 7) is 14.5. The predicted octanol–water partition coefficient (Wildman–Crippen LogP) is 13.8. The van der Waals surface area contributed by atoms with Crippen LogP contribution in [0.15, 0.2) is 46.4 Å². The lowest BCUT2D eigenvalue weighted by Gasteiger charge is -2.60. The average molecular weight is 908 g/mol. The van der Waals surface area contributed by atoms with Crippen LogP contribution in [0, 0.1) is 75.4 Å². The van der Waals surface area contributed by atoms with Crippen LogP contribution in [0.4, 0.5) is 0 Å². The molecule has 2 aliphatic heterocycles. The summed E-state index contributed by atoms with van der Waals surface area (Å²) in [5.74, 6) is 8.11. The maximum absolute atomic E-state index is 8.52. The summed E-state index contributed by atoms with van der Waals surface area (Å²) in [6.07, 6.45) is 40.2. The molecular weight excluding hydrogens is 815 g/mol. The third-order valence-corrected chi connectivity index (χ3v) is 21.8. The summed E-state index contributed by atoms with van der Waals surface area (Å²) in [4.78, 5) is 2.64. The van der Waals surface area contributed by atoms with Crippen molar-refractivity contribution < 1.29 is 23.7 Å². The van der Waals surface area contributed by atoms with Crippen molar-refractivity contribution in [3.8, 4) is 0 Å². The molecular formula is C60H93NO5. The van der Waals surface area contributed by atoms with E-state index in [1.54, 1.807) is 16.8 Å². The lowest BCUT2D eigenvalue weighted by molar-refractivity contribution is -0.151. The van der Waals surface area contributed by atoms with Crippen LogP contribution in [0.1, 0.15) is 182 Å². The molecule has 6 unspecified atom stereocenters. The predicted molar refractivity (Wildman–Crippen MR) is 266 cm³/mol. The lowest BCUT2D eigenvalue weighted by atomic mass is 9.46. The zero-order valence-electron chi connectivity index (χ0n) is 43.0. The first-order chi connectivity index (χ1) is 31.9. The van der Waals surface area contributed by atoms with E-state index in [0.29, 0.717) is 64.0 Å². The van der Waals surface area contributed by atoms with Crippen molar-refractivity contribution in [1.82, 2.24) is 4.90 Å². The summed E-state index contributed by atoms with van der Waals surface area (Å²) in [6, 6.07) is 0. The molecule has 0 amide bonds. The van der Waals surface area contributed by atoms with Crippen molar-refractivity contribution >= 4 is 0 Å². The molecule has 6 heteroatoms. The van der Waals surface area contributed by atoms with Gasteiger partial charge in [0.05, 0.1) is 31.5 Å². The van der Waals surface area contributed by atoms with Gasteiger partial charge in [-0.15, -0.1) is 0 Å². The van der Waals surface area contributed by atoms with E-state index >= 15 is 0 Å². The van der Waals surface area contributed by atoms with Gasteiger partial charge >= 0.3 is 0 Å². The highest BCUT2D eigenvalue weighted by molar-refractivity contribution is 5.38. The minimum absolute atomic E-state index is 0.106. The number of fused-ring (bicyclic) bond motifs is 9. The van der Waals surface area contributed by atoms with Crippen LogP contribution in [0.2, 0.25) is 0 Å². The maximum Gasteiger partial charge on any atom is 0.115 e. The third kappa shape index (κ3) is 8.30. The maximum atomic E-state index is 8.52. The van der Waals surface area contributed by atoms with E-state index in [4.69, 9.17) is 23.7 Å². The Morgan fingerprint density at radius 1 is 0.667 bits per heavy atom. The van der Waals surface area contributed by atoms with E-state index < -0.39 is 0 Å². The van der Waals surface area contributed by atoms with Gasteiger partial charge in [-0.2, -0.15) is 0 Å². The largest absolute Gasteiger partial charge is 0.491 e. The van der Waals surface area contributed by atoms with E-state index in [1.807, 2.05) is 26.9 Å². The number of rotatable bonds is 8. The first kappa shape index (κ1) is 46.8. The molecule has 0 N–H and O–H groups in total. The smallest absolute Gasteiger partial charge is 0.115 e. The Bertz CT molecular complexity index is 1850. The molecule has 1 spiro atoms. The van der Waals surface area contributed by atoms with Crippen molar-refractivity contribution in [1.29, 1.82) is 0 Å². The molecule has 11 aliphatic rings. The second-order valence-corrected chi connectivity index (χ2v) is 26.4. The molecule has 0 aromatic rings. The highest BCUT2D eigenvalue weighted by Crippen LogP contribution is 2.76. The zero-order valence-corrected chi connectivity index (χ0v) is 43.0. The fourth-order valence-corrected chi connectivity index (χ4v) is 20.0. The van der Waals surface area contributed by atoms with Crippen molar-refractivity contribution in [2.45, 2.75) is 206 Å². The average Bonchev–Trinajstić information content (AvgIpc) is 3.60. The number of hydrogen-bond donors (Lipinski definition) is 0. The molecule has 10 atom stereocenters. The summed E-state index contributed by atoms with van der Waals surface area (Å²) in [5, 5.41) is 0. The minimum Gasteiger partial charge on any atom is -0.491 e. The Morgan fingerprint density at radius 2 is 1.38 bits per heavy atom. The van der Waals surface area contributed by atoms with Gasteiger partial charge in [-0.3, -0.25) is 0 Å². The number of nitrogens with zero attached hydrogens (tertiary/aromatic N) is 1. The summed E-state index contributed by atoms with van der Waals surface area (Å²) >= 11 is 0. The van der Waals surface area contributed by atoms with Crippen LogP contribution in [0.25, 0.3) is 0 Å². The molecule has 2 heterocycles. The molecule has 9 aliphatic carbocycles. The highest BCUT2D eigenvalue weighted by atomic mass is 16.5. The fraction of sp³-hybridized carbons (Fsp3) is 0.867. The summed E-state index contributed by atoms with van der Waals surface area (Å²) < 4.78 is 33.0. The molecule has 6 fully saturated rings. The highest BCUT2D eigenvalue weighted by Gasteiger charge is 2.69. The molecule has 368 valence electrons. The van der Waals surface area contributed by atoms with Crippen LogP contribution in [-0.2, 0) is 23.7 Å². The van der Waals surface area contributed by atoms with Gasteiger partial charge in [0, 0.05) is 52.0 Å². The number of allylic oxidation sites excluding steroid dienone is 7. The molecule has 0 bridgehead atoms. The molecule has 5 saturated carbocycles. The van der Waals surface area contributed by atoms with Gasteiger partial charge in [0.1, 0.15) is 11.4 Å². The summed E-state index contributed by atoms with van der Waals surface area (Å²) in [7, 11) is 5.91. The van der Waals surface area contributed by atoms with E-state index in [2.05, 4.69) is 50.8 Å². The first-order valence-electron chi connectivity index (χ1n) is 28.4. The van der Waals surface area contributed by atoms with Crippen LogP contribution in [-0.4, -0.2) is 76.4 Å². The van der Waals surface area contributed by atoms with Crippen LogP contribution >= 0.6 is 0 Å². The van der Waals surface area contributed by atoms with E-state index in [9.17, 15) is 0 Å². The van der Waals surface area contributed by atoms with E-state index in [1.165, 1.54) is 147 Å². The Hall–Kier alpha value is -1.60. The van der Waals surface area contributed by atoms with Crippen LogP contribution in [0.3, 0.4) is 0 Å². The van der Waals surface area contributed by atoms with Crippen molar-refractivity contribution in [3.05, 3.63) is 46.4 Å². The number of hydrogen-bond acceptors (Lipinski definition) is 6. The monoisotopic (exact) mass is 908 g/mol. The number of morpholine rings is 1. The lowest BCUT2D eigenvalue weighted by Crippen LogP contribution is -2.56. The standard InChI is InChI=1S/C60H93NO5/c1-57(2)36-58(3,4)38-59(37-57)52-11-9-8-10-47(52)54-50-34-49(41-14-12-39(13-15-41)40-16-24-45(62-5)25-17-40)53(64-7)35-51(50)56-48(55(54)59)28-29-60(66-56,43-20-26-46(63-6)27-21-43)42-18-22-44(23-19-42)61-30-32-65-33-31-61/h12,22,34,40-43,45-47,50-55H,8-11,13-21,23-33,35-38H2,1-7H3/t40?,41?,42-,43-,45?,46+,47+,50-,51?,52?,53?,54-,55?,60?/m1/s1. The molecule has 6 nitrogen and oxygen atoms in total. The number of methoxy groups -OCH3 is 3. The number of ether oxygens (including phenoxy) is 5. The SMILES string of the molecule is COC1CCC(C2=CCC(C3=C[C@@H]4C(CC3OC)C3=C(CCC([C@@H]5CC=C(N6CCOCC6)CC5)([C@H]5CC[C@@H](OC)CC5)O3)C3[C@@H]4[C@H]4CCCCC4C34CC(C)(C)CC(C)(C)C4)CC2)CC1. The fourth-order valence-electron chi connectivity index (χ4n) is 20.0. The Kier molecular flexibility index (Phi) is 13.1. The molecule has 0 radical (unpaired) electrons. The normalized spacial score (nSPS) is 44.2. The second-order valence-electron chi connectivity index (χ2n) is 26.4. The van der Waals surface area contributed by atoms with Gasteiger partial charge in [0.2, 0.25) is 0 Å². The van der Waals surface area contributed by atoms with Crippen molar-refractivity contribution in [2.75, 3.05) is 47.6 Å². The van der Waals surface area contributed by atoms with Crippen molar-refractivity contribution in [2.24, 2.45) is 75.4 Å². The van der Waals surface area contributed by atoms with Gasteiger partial charge in [-0.1, -0.05) is 64.3 Å². The van der Waals surface area contributed by atoms with Gasteiger partial charge in [-0.25, -0.2) is 0 Å². The van der Waals surface area contributed by atoms with E-state index in [-0.39, 0.29) is 11.7 Å². The molecule has 0 aromatic carbocycles. The van der Waals surface area contributed by atoms with Gasteiger partial charge in [0.15, 0.2) is 0 Å². The molecule has 0 aromatic heterocycles. The Morgan fingerprint density at radius 3 is 2.03 bits per heavy atom. The molecule has 1 saturated heterocycles. The second kappa shape index (κ2) is 18.5. The Balaban J connectivity index is 0.998. The molecule has 66 heavy (non-hydrogen) atoms. The van der Waals surface area contributed by atoms with Gasteiger partial charge in [0.25, 0.3) is 0 Å². The van der Waals surface area contributed by atoms with E-state index in [0.717, 1.165) is 62.8 Å².